The molecule has 0 bridgehead atoms. The number of aromatic hydroxyl groups is 1. The first kappa shape index (κ1) is 14.8. The molecule has 1 N–H and O–H groups in total. The minimum atomic E-state index is -4.51. The summed E-state index contributed by atoms with van der Waals surface area (Å²) in [5.41, 5.74) is -0.400. The van der Waals surface area contributed by atoms with Crippen LogP contribution in [0.4, 0.5) is 13.2 Å². The zero-order valence-corrected chi connectivity index (χ0v) is 10.6. The SMILES string of the molecule is CCCN(CC)Cc1ccc(O)c(C(F)(F)F)c1. The Morgan fingerprint density at radius 1 is 1.22 bits per heavy atom. The third-order valence-electron chi connectivity index (χ3n) is 2.76. The van der Waals surface area contributed by atoms with Gasteiger partial charge in [-0.2, -0.15) is 13.2 Å². The van der Waals surface area contributed by atoms with Crippen molar-refractivity contribution in [1.82, 2.24) is 4.90 Å². The molecule has 0 heterocycles. The van der Waals surface area contributed by atoms with Gasteiger partial charge in [-0.05, 0) is 37.2 Å². The molecule has 0 aliphatic carbocycles. The summed E-state index contributed by atoms with van der Waals surface area (Å²) in [7, 11) is 0. The molecule has 1 rings (SSSR count). The van der Waals surface area contributed by atoms with Gasteiger partial charge in [-0.3, -0.25) is 4.90 Å². The summed E-state index contributed by atoms with van der Waals surface area (Å²) in [5.74, 6) is -0.718. The Morgan fingerprint density at radius 2 is 1.89 bits per heavy atom. The Bertz CT molecular complexity index is 390. The summed E-state index contributed by atoms with van der Waals surface area (Å²) in [6.45, 7) is 6.10. The molecular formula is C13H18F3NO. The quantitative estimate of drug-likeness (QED) is 0.874. The number of rotatable bonds is 5. The third-order valence-corrected chi connectivity index (χ3v) is 2.76. The first-order valence-corrected chi connectivity index (χ1v) is 6.00. The highest BCUT2D eigenvalue weighted by Gasteiger charge is 2.34. The Hall–Kier alpha value is -1.23. The van der Waals surface area contributed by atoms with Crippen LogP contribution in [0.25, 0.3) is 0 Å². The molecule has 102 valence electrons. The molecule has 0 unspecified atom stereocenters. The maximum atomic E-state index is 12.6. The van der Waals surface area contributed by atoms with Gasteiger partial charge in [0.2, 0.25) is 0 Å². The first-order chi connectivity index (χ1) is 8.38. The van der Waals surface area contributed by atoms with Crippen molar-refractivity contribution in [2.75, 3.05) is 13.1 Å². The predicted octanol–water partition coefficient (Wildman–Crippen LogP) is 3.64. The highest BCUT2D eigenvalue weighted by molar-refractivity contribution is 5.38. The van der Waals surface area contributed by atoms with E-state index in [0.29, 0.717) is 12.1 Å². The lowest BCUT2D eigenvalue weighted by atomic mass is 10.1. The monoisotopic (exact) mass is 261 g/mol. The van der Waals surface area contributed by atoms with Crippen LogP contribution in [0, 0.1) is 0 Å². The van der Waals surface area contributed by atoms with E-state index in [2.05, 4.69) is 4.90 Å². The maximum Gasteiger partial charge on any atom is 0.419 e. The Kier molecular flexibility index (Phi) is 5.02. The second-order valence-electron chi connectivity index (χ2n) is 4.22. The van der Waals surface area contributed by atoms with Gasteiger partial charge in [0.25, 0.3) is 0 Å². The summed E-state index contributed by atoms with van der Waals surface area (Å²) < 4.78 is 37.9. The van der Waals surface area contributed by atoms with Crippen molar-refractivity contribution in [3.63, 3.8) is 0 Å². The Morgan fingerprint density at radius 3 is 2.39 bits per heavy atom. The van der Waals surface area contributed by atoms with Gasteiger partial charge in [0, 0.05) is 6.54 Å². The lowest BCUT2D eigenvalue weighted by Gasteiger charge is -2.20. The largest absolute Gasteiger partial charge is 0.507 e. The number of alkyl halides is 3. The zero-order chi connectivity index (χ0) is 13.8. The number of hydrogen-bond acceptors (Lipinski definition) is 2. The second kappa shape index (κ2) is 6.09. The molecule has 0 atom stereocenters. The van der Waals surface area contributed by atoms with E-state index in [-0.39, 0.29) is 0 Å². The third kappa shape index (κ3) is 3.91. The van der Waals surface area contributed by atoms with Crippen molar-refractivity contribution in [2.24, 2.45) is 0 Å². The average Bonchev–Trinajstić information content (AvgIpc) is 2.29. The van der Waals surface area contributed by atoms with Crippen molar-refractivity contribution in [2.45, 2.75) is 33.0 Å². The van der Waals surface area contributed by atoms with Gasteiger partial charge < -0.3 is 5.11 Å². The topological polar surface area (TPSA) is 23.5 Å². The van der Waals surface area contributed by atoms with E-state index in [0.717, 1.165) is 31.6 Å². The summed E-state index contributed by atoms with van der Waals surface area (Å²) in [6, 6.07) is 3.66. The molecule has 0 saturated carbocycles. The molecule has 1 aromatic carbocycles. The van der Waals surface area contributed by atoms with Crippen LogP contribution in [-0.2, 0) is 12.7 Å². The fourth-order valence-corrected chi connectivity index (χ4v) is 1.83. The van der Waals surface area contributed by atoms with E-state index in [1.54, 1.807) is 0 Å². The highest BCUT2D eigenvalue weighted by Crippen LogP contribution is 2.36. The van der Waals surface area contributed by atoms with Crippen molar-refractivity contribution in [3.8, 4) is 5.75 Å². The van der Waals surface area contributed by atoms with Gasteiger partial charge in [-0.1, -0.05) is 19.9 Å². The molecule has 0 fully saturated rings. The molecule has 0 amide bonds. The normalized spacial score (nSPS) is 12.1. The predicted molar refractivity (Wildman–Crippen MR) is 64.4 cm³/mol. The van der Waals surface area contributed by atoms with Crippen LogP contribution >= 0.6 is 0 Å². The van der Waals surface area contributed by atoms with E-state index in [1.165, 1.54) is 6.07 Å². The van der Waals surface area contributed by atoms with E-state index in [4.69, 9.17) is 0 Å². The van der Waals surface area contributed by atoms with Crippen molar-refractivity contribution in [1.29, 1.82) is 0 Å². The fraction of sp³-hybridized carbons (Fsp3) is 0.538. The number of halogens is 3. The van der Waals surface area contributed by atoms with Crippen LogP contribution in [0.2, 0.25) is 0 Å². The molecule has 0 saturated heterocycles. The summed E-state index contributed by atoms with van der Waals surface area (Å²) in [5, 5.41) is 9.23. The van der Waals surface area contributed by atoms with Crippen molar-refractivity contribution in [3.05, 3.63) is 29.3 Å². The molecule has 0 radical (unpaired) electrons. The summed E-state index contributed by atoms with van der Waals surface area (Å²) in [6.07, 6.45) is -3.56. The highest BCUT2D eigenvalue weighted by atomic mass is 19.4. The minimum absolute atomic E-state index is 0.466. The second-order valence-corrected chi connectivity index (χ2v) is 4.22. The zero-order valence-electron chi connectivity index (χ0n) is 10.6. The van der Waals surface area contributed by atoms with Gasteiger partial charge in [-0.15, -0.1) is 0 Å². The van der Waals surface area contributed by atoms with Gasteiger partial charge in [0.1, 0.15) is 5.75 Å². The maximum absolute atomic E-state index is 12.6. The lowest BCUT2D eigenvalue weighted by Crippen LogP contribution is -2.23. The number of benzene rings is 1. The van der Waals surface area contributed by atoms with E-state index >= 15 is 0 Å². The number of nitrogens with zero attached hydrogens (tertiary/aromatic N) is 1. The number of hydrogen-bond donors (Lipinski definition) is 1. The van der Waals surface area contributed by atoms with Gasteiger partial charge in [0.15, 0.2) is 0 Å². The molecule has 0 aliphatic heterocycles. The van der Waals surface area contributed by atoms with Crippen LogP contribution in [0.5, 0.6) is 5.75 Å². The lowest BCUT2D eigenvalue weighted by molar-refractivity contribution is -0.138. The van der Waals surface area contributed by atoms with Crippen LogP contribution in [0.15, 0.2) is 18.2 Å². The van der Waals surface area contributed by atoms with E-state index in [9.17, 15) is 18.3 Å². The smallest absolute Gasteiger partial charge is 0.419 e. The van der Waals surface area contributed by atoms with Crippen LogP contribution in [-0.4, -0.2) is 23.1 Å². The van der Waals surface area contributed by atoms with E-state index in [1.807, 2.05) is 13.8 Å². The minimum Gasteiger partial charge on any atom is -0.507 e. The molecule has 0 aromatic heterocycles. The Balaban J connectivity index is 2.91. The van der Waals surface area contributed by atoms with Crippen molar-refractivity contribution < 1.29 is 18.3 Å². The molecule has 0 aliphatic rings. The molecule has 5 heteroatoms. The Labute approximate surface area is 105 Å². The van der Waals surface area contributed by atoms with Crippen LogP contribution in [0.3, 0.4) is 0 Å². The van der Waals surface area contributed by atoms with Crippen LogP contribution < -0.4 is 0 Å². The molecule has 0 spiro atoms. The molecule has 2 nitrogen and oxygen atoms in total. The summed E-state index contributed by atoms with van der Waals surface area (Å²) in [4.78, 5) is 2.06. The first-order valence-electron chi connectivity index (χ1n) is 6.00. The fourth-order valence-electron chi connectivity index (χ4n) is 1.83. The average molecular weight is 261 g/mol. The van der Waals surface area contributed by atoms with Gasteiger partial charge >= 0.3 is 6.18 Å². The molecular weight excluding hydrogens is 243 g/mol. The van der Waals surface area contributed by atoms with Gasteiger partial charge in [0.05, 0.1) is 5.56 Å². The van der Waals surface area contributed by atoms with Gasteiger partial charge in [-0.25, -0.2) is 0 Å². The number of phenolic OH excluding ortho intramolecular Hbond substituents is 1. The van der Waals surface area contributed by atoms with Crippen LogP contribution in [0.1, 0.15) is 31.4 Å². The standard InChI is InChI=1S/C13H18F3NO/c1-3-7-17(4-2)9-10-5-6-12(18)11(8-10)13(14,15)16/h5-6,8,18H,3-4,7,9H2,1-2H3. The molecule has 1 aromatic rings. The summed E-state index contributed by atoms with van der Waals surface area (Å²) >= 11 is 0. The van der Waals surface area contributed by atoms with E-state index < -0.39 is 17.5 Å². The molecule has 18 heavy (non-hydrogen) atoms. The van der Waals surface area contributed by atoms with Crippen molar-refractivity contribution >= 4 is 0 Å². The number of phenols is 1.